The molecule has 4 rings (SSSR count). The summed E-state index contributed by atoms with van der Waals surface area (Å²) in [5.41, 5.74) is 6.19. The van der Waals surface area contributed by atoms with Crippen LogP contribution in [0.2, 0.25) is 0 Å². The minimum atomic E-state index is -0.489. The Bertz CT molecular complexity index is 791. The number of carbonyl (C=O) groups excluding carboxylic acids is 2. The standard InChI is InChI=1S/C16H19N7O2/c1-21-10-14(17-20-21)15(24)18-19-16(25)23-9-12-7-13(23)8-22(12)11-5-3-2-4-6-11/h2-6,10,12-13H,7-9H2,1H3,(H,18,24)(H,19,25)/t12-,13-/m0/s1. The Kier molecular flexibility index (Phi) is 3.75. The molecule has 2 aromatic rings. The molecule has 1 aromatic heterocycles. The van der Waals surface area contributed by atoms with Crippen molar-refractivity contribution >= 4 is 17.6 Å². The van der Waals surface area contributed by atoms with Gasteiger partial charge in [-0.15, -0.1) is 5.10 Å². The number of fused-ring (bicyclic) bond motifs is 2. The van der Waals surface area contributed by atoms with E-state index < -0.39 is 5.91 Å². The first-order valence-corrected chi connectivity index (χ1v) is 8.17. The third kappa shape index (κ3) is 2.88. The summed E-state index contributed by atoms with van der Waals surface area (Å²) >= 11 is 0. The van der Waals surface area contributed by atoms with Gasteiger partial charge in [-0.25, -0.2) is 10.2 Å². The molecule has 2 bridgehead atoms. The highest BCUT2D eigenvalue weighted by molar-refractivity contribution is 5.93. The zero-order valence-electron chi connectivity index (χ0n) is 13.8. The molecule has 0 unspecified atom stereocenters. The van der Waals surface area contributed by atoms with Crippen molar-refractivity contribution in [1.29, 1.82) is 0 Å². The number of piperazine rings is 1. The Labute approximate surface area is 144 Å². The first-order chi connectivity index (χ1) is 12.1. The number of nitrogens with zero attached hydrogens (tertiary/aromatic N) is 5. The third-order valence-corrected chi connectivity index (χ3v) is 4.71. The van der Waals surface area contributed by atoms with Gasteiger partial charge in [0.05, 0.1) is 12.2 Å². The van der Waals surface area contributed by atoms with E-state index in [9.17, 15) is 9.59 Å². The van der Waals surface area contributed by atoms with Gasteiger partial charge in [0.1, 0.15) is 0 Å². The fourth-order valence-corrected chi connectivity index (χ4v) is 3.55. The second kappa shape index (κ2) is 6.08. The maximum atomic E-state index is 12.4. The van der Waals surface area contributed by atoms with Crippen molar-refractivity contribution in [3.63, 3.8) is 0 Å². The average molecular weight is 341 g/mol. The van der Waals surface area contributed by atoms with Crippen molar-refractivity contribution in [1.82, 2.24) is 30.7 Å². The van der Waals surface area contributed by atoms with Crippen molar-refractivity contribution in [3.8, 4) is 0 Å². The number of hydrogen-bond acceptors (Lipinski definition) is 5. The predicted octanol–water partition coefficient (Wildman–Crippen LogP) is 0.133. The molecule has 2 N–H and O–H groups in total. The summed E-state index contributed by atoms with van der Waals surface area (Å²) in [5.74, 6) is -0.489. The fraction of sp³-hybridized carbons (Fsp3) is 0.375. The highest BCUT2D eigenvalue weighted by Crippen LogP contribution is 2.34. The van der Waals surface area contributed by atoms with Gasteiger partial charge in [-0.3, -0.25) is 14.9 Å². The summed E-state index contributed by atoms with van der Waals surface area (Å²) in [4.78, 5) is 28.4. The number of aromatic nitrogens is 3. The minimum absolute atomic E-state index is 0.152. The molecule has 2 saturated heterocycles. The zero-order chi connectivity index (χ0) is 17.4. The second-order valence-electron chi connectivity index (χ2n) is 6.35. The quantitative estimate of drug-likeness (QED) is 0.757. The Morgan fingerprint density at radius 3 is 2.56 bits per heavy atom. The largest absolute Gasteiger partial charge is 0.365 e. The molecule has 0 spiro atoms. The van der Waals surface area contributed by atoms with Crippen LogP contribution >= 0.6 is 0 Å². The second-order valence-corrected chi connectivity index (χ2v) is 6.35. The first kappa shape index (κ1) is 15.4. The first-order valence-electron chi connectivity index (χ1n) is 8.17. The molecule has 1 aromatic carbocycles. The van der Waals surface area contributed by atoms with Gasteiger partial charge in [-0.2, -0.15) is 0 Å². The van der Waals surface area contributed by atoms with Gasteiger partial charge in [0, 0.05) is 31.9 Å². The molecule has 3 amide bonds. The van der Waals surface area contributed by atoms with E-state index in [-0.39, 0.29) is 17.8 Å². The summed E-state index contributed by atoms with van der Waals surface area (Å²) < 4.78 is 1.42. The third-order valence-electron chi connectivity index (χ3n) is 4.71. The van der Waals surface area contributed by atoms with Crippen LogP contribution in [0.25, 0.3) is 0 Å². The van der Waals surface area contributed by atoms with Crippen LogP contribution in [0, 0.1) is 0 Å². The van der Waals surface area contributed by atoms with Crippen LogP contribution in [0.4, 0.5) is 10.5 Å². The van der Waals surface area contributed by atoms with Crippen molar-refractivity contribution in [2.45, 2.75) is 18.5 Å². The Hall–Kier alpha value is -3.10. The molecule has 9 heteroatoms. The lowest BCUT2D eigenvalue weighted by Crippen LogP contribution is -2.55. The molecular formula is C16H19N7O2. The normalized spacial score (nSPS) is 21.5. The number of nitrogens with one attached hydrogen (secondary N) is 2. The van der Waals surface area contributed by atoms with E-state index in [4.69, 9.17) is 0 Å². The Morgan fingerprint density at radius 2 is 1.92 bits per heavy atom. The molecule has 0 saturated carbocycles. The number of likely N-dealkylation sites (tertiary alicyclic amines) is 1. The van der Waals surface area contributed by atoms with Crippen LogP contribution in [0.15, 0.2) is 36.5 Å². The molecule has 0 aliphatic carbocycles. The van der Waals surface area contributed by atoms with Crippen LogP contribution in [-0.2, 0) is 7.05 Å². The topological polar surface area (TPSA) is 95.4 Å². The minimum Gasteiger partial charge on any atom is -0.365 e. The number of anilines is 1. The SMILES string of the molecule is Cn1cc(C(=O)NNC(=O)N2C[C@@H]3C[C@H]2CN3c2ccccc2)nn1. The number of carbonyl (C=O) groups is 2. The number of hydrazine groups is 1. The fourth-order valence-electron chi connectivity index (χ4n) is 3.55. The van der Waals surface area contributed by atoms with Gasteiger partial charge >= 0.3 is 6.03 Å². The van der Waals surface area contributed by atoms with E-state index in [0.29, 0.717) is 12.6 Å². The number of benzene rings is 1. The van der Waals surface area contributed by atoms with Gasteiger partial charge in [-0.05, 0) is 18.6 Å². The average Bonchev–Trinajstić information content (AvgIpc) is 3.35. The van der Waals surface area contributed by atoms with Crippen molar-refractivity contribution in [2.24, 2.45) is 7.05 Å². The molecule has 2 atom stereocenters. The smallest absolute Gasteiger partial charge is 0.336 e. The molecule has 130 valence electrons. The van der Waals surface area contributed by atoms with Crippen LogP contribution in [0.1, 0.15) is 16.9 Å². The lowest BCUT2D eigenvalue weighted by atomic mass is 10.2. The predicted molar refractivity (Wildman–Crippen MR) is 89.7 cm³/mol. The molecule has 3 heterocycles. The van der Waals surface area contributed by atoms with Gasteiger partial charge < -0.3 is 9.80 Å². The van der Waals surface area contributed by atoms with Crippen LogP contribution in [-0.4, -0.2) is 57.0 Å². The molecule has 2 aliphatic rings. The number of urea groups is 1. The zero-order valence-corrected chi connectivity index (χ0v) is 13.8. The van der Waals surface area contributed by atoms with Crippen LogP contribution in [0.5, 0.6) is 0 Å². The Morgan fingerprint density at radius 1 is 1.12 bits per heavy atom. The van der Waals surface area contributed by atoms with E-state index >= 15 is 0 Å². The van der Waals surface area contributed by atoms with Crippen molar-refractivity contribution < 1.29 is 9.59 Å². The maximum absolute atomic E-state index is 12.4. The summed E-state index contributed by atoms with van der Waals surface area (Å²) in [6.07, 6.45) is 2.43. The molecule has 0 radical (unpaired) electrons. The van der Waals surface area contributed by atoms with Gasteiger partial charge in [-0.1, -0.05) is 23.4 Å². The van der Waals surface area contributed by atoms with Crippen LogP contribution < -0.4 is 15.8 Å². The van der Waals surface area contributed by atoms with Crippen LogP contribution in [0.3, 0.4) is 0 Å². The van der Waals surface area contributed by atoms with Gasteiger partial charge in [0.25, 0.3) is 5.91 Å². The number of hydrogen-bond donors (Lipinski definition) is 2. The van der Waals surface area contributed by atoms with Crippen molar-refractivity contribution in [2.75, 3.05) is 18.0 Å². The van der Waals surface area contributed by atoms with E-state index in [1.807, 2.05) is 18.2 Å². The number of amides is 3. The van der Waals surface area contributed by atoms with E-state index in [1.54, 1.807) is 11.9 Å². The van der Waals surface area contributed by atoms with Gasteiger partial charge in [0.15, 0.2) is 5.69 Å². The molecule has 25 heavy (non-hydrogen) atoms. The maximum Gasteiger partial charge on any atom is 0.336 e. The molecule has 9 nitrogen and oxygen atoms in total. The van der Waals surface area contributed by atoms with Crippen molar-refractivity contribution in [3.05, 3.63) is 42.2 Å². The molecule has 2 fully saturated rings. The van der Waals surface area contributed by atoms with E-state index in [0.717, 1.165) is 13.0 Å². The monoisotopic (exact) mass is 341 g/mol. The van der Waals surface area contributed by atoms with E-state index in [2.05, 4.69) is 38.2 Å². The molecular weight excluding hydrogens is 322 g/mol. The number of para-hydroxylation sites is 1. The lowest BCUT2D eigenvalue weighted by Gasteiger charge is -2.35. The highest BCUT2D eigenvalue weighted by Gasteiger charge is 2.45. The number of aryl methyl sites for hydroxylation is 1. The van der Waals surface area contributed by atoms with E-state index in [1.165, 1.54) is 16.6 Å². The molecule has 2 aliphatic heterocycles. The lowest BCUT2D eigenvalue weighted by molar-refractivity contribution is 0.0923. The summed E-state index contributed by atoms with van der Waals surface area (Å²) in [7, 11) is 1.67. The summed E-state index contributed by atoms with van der Waals surface area (Å²) in [6, 6.07) is 10.4. The Balaban J connectivity index is 1.32. The summed E-state index contributed by atoms with van der Waals surface area (Å²) in [6.45, 7) is 1.45. The van der Waals surface area contributed by atoms with Gasteiger partial charge in [0.2, 0.25) is 0 Å². The number of rotatable bonds is 2. The highest BCUT2D eigenvalue weighted by atomic mass is 16.2. The summed E-state index contributed by atoms with van der Waals surface area (Å²) in [5, 5.41) is 7.39.